The van der Waals surface area contributed by atoms with Crippen LogP contribution in [0.3, 0.4) is 0 Å². The van der Waals surface area contributed by atoms with E-state index in [-0.39, 0.29) is 0 Å². The monoisotopic (exact) mass is 125 g/mol. The van der Waals surface area contributed by atoms with Gasteiger partial charge in [0.1, 0.15) is 0 Å². The van der Waals surface area contributed by atoms with Crippen LogP contribution in [0.25, 0.3) is 0 Å². The van der Waals surface area contributed by atoms with E-state index in [4.69, 9.17) is 9.81 Å². The van der Waals surface area contributed by atoms with Crippen LogP contribution in [0, 0.1) is 0 Å². The van der Waals surface area contributed by atoms with E-state index in [1.165, 1.54) is 14.6 Å². The summed E-state index contributed by atoms with van der Waals surface area (Å²) in [5.41, 5.74) is 0. The molecule has 4 nitrogen and oxygen atoms in total. The normalized spacial score (nSPS) is 19.5. The van der Waals surface area contributed by atoms with Gasteiger partial charge in [0.25, 0.3) is 0 Å². The van der Waals surface area contributed by atoms with Crippen molar-refractivity contribution in [3.05, 3.63) is 0 Å². The SMILES string of the molecule is O=[S](O)(=[Al])OO. The van der Waals surface area contributed by atoms with Gasteiger partial charge in [-0.05, 0) is 0 Å². The van der Waals surface area contributed by atoms with Gasteiger partial charge in [-0.2, -0.15) is 0 Å². The summed E-state index contributed by atoms with van der Waals surface area (Å²) in [5.74, 6) is 0. The summed E-state index contributed by atoms with van der Waals surface area (Å²) in [4.78, 5) is 0. The Hall–Kier alpha value is 0.562. The average molecular weight is 125 g/mol. The van der Waals surface area contributed by atoms with E-state index >= 15 is 0 Å². The van der Waals surface area contributed by atoms with Crippen LogP contribution >= 0.6 is 0 Å². The van der Waals surface area contributed by atoms with Crippen molar-refractivity contribution in [2.24, 2.45) is 0 Å². The van der Waals surface area contributed by atoms with Crippen LogP contribution in [-0.4, -0.2) is 28.7 Å². The summed E-state index contributed by atoms with van der Waals surface area (Å²) in [5, 5.41) is 7.36. The minimum atomic E-state index is -3.44. The molecule has 2 N–H and O–H groups in total. The number of hydrogen-bond acceptors (Lipinski definition) is 3. The van der Waals surface area contributed by atoms with Gasteiger partial charge >= 0.3 is 41.4 Å². The molecule has 35 valence electrons. The third-order valence-electron chi connectivity index (χ3n) is 0.107. The molecule has 0 saturated carbocycles. The predicted octanol–water partition coefficient (Wildman–Crippen LogP) is -0.768. The first-order valence-electron chi connectivity index (χ1n) is 0.934. The van der Waals surface area contributed by atoms with E-state index in [0.717, 1.165) is 0 Å². The maximum atomic E-state index is 9.60. The molecule has 0 saturated heterocycles. The third kappa shape index (κ3) is 4.56. The van der Waals surface area contributed by atoms with E-state index in [9.17, 15) is 4.21 Å². The van der Waals surface area contributed by atoms with Crippen LogP contribution in [0.2, 0.25) is 0 Å². The topological polar surface area (TPSA) is 66.8 Å². The Bertz CT molecular complexity index is 110. The van der Waals surface area contributed by atoms with Crippen molar-refractivity contribution in [2.75, 3.05) is 0 Å². The molecule has 1 atom stereocenters. The number of hydrogen-bond donors (Lipinski definition) is 2. The maximum absolute atomic E-state index is 9.60. The second kappa shape index (κ2) is 2.02. The Morgan fingerprint density at radius 2 is 2.00 bits per heavy atom. The average Bonchev–Trinajstić information content (AvgIpc) is 1.35. The zero-order valence-corrected chi connectivity index (χ0v) is 4.67. The molecule has 0 rings (SSSR count). The van der Waals surface area contributed by atoms with Gasteiger partial charge in [0.15, 0.2) is 0 Å². The standard InChI is InChI=1S/Al.H2O4S/c;1-4-5(2)3/h;1H,(H,2,3). The Morgan fingerprint density at radius 1 is 1.83 bits per heavy atom. The molecule has 0 aromatic rings. The van der Waals surface area contributed by atoms with Crippen molar-refractivity contribution >= 4 is 23.0 Å². The first kappa shape index (κ1) is 6.56. The Kier molecular flexibility index (Phi) is 2.21. The molecule has 6 heavy (non-hydrogen) atoms. The Balaban J connectivity index is 3.85. The molecule has 0 aromatic heterocycles. The zero-order chi connectivity index (χ0) is 5.21. The van der Waals surface area contributed by atoms with Crippen LogP contribution in [0.5, 0.6) is 0 Å². The molecule has 0 heterocycles. The first-order chi connectivity index (χ1) is 2.56. The minimum absolute atomic E-state index is 1.40. The van der Waals surface area contributed by atoms with E-state index in [1.54, 1.807) is 0 Å². The summed E-state index contributed by atoms with van der Waals surface area (Å²) in [7, 11) is -3.44. The van der Waals surface area contributed by atoms with E-state index in [2.05, 4.69) is 4.33 Å². The molecule has 0 amide bonds. The third-order valence-corrected chi connectivity index (χ3v) is 0.579. The van der Waals surface area contributed by atoms with Crippen molar-refractivity contribution in [3.8, 4) is 0 Å². The quantitative estimate of drug-likeness (QED) is 0.274. The van der Waals surface area contributed by atoms with Gasteiger partial charge in [0.05, 0.1) is 0 Å². The van der Waals surface area contributed by atoms with Crippen LogP contribution in [-0.2, 0) is 12.7 Å². The van der Waals surface area contributed by atoms with Gasteiger partial charge in [-0.25, -0.2) is 0 Å². The van der Waals surface area contributed by atoms with E-state index in [1.807, 2.05) is 0 Å². The molecule has 1 radical (unpaired) electrons. The molecule has 0 bridgehead atoms. The van der Waals surface area contributed by atoms with E-state index < -0.39 is 8.37 Å². The molecule has 0 aliphatic carbocycles. The molecular formula is H2AlO4S. The zero-order valence-electron chi connectivity index (χ0n) is 2.70. The van der Waals surface area contributed by atoms with Gasteiger partial charge in [-0.1, -0.05) is 0 Å². The van der Waals surface area contributed by atoms with Gasteiger partial charge in [-0.15, -0.1) is 0 Å². The molecule has 0 aromatic carbocycles. The summed E-state index contributed by atoms with van der Waals surface area (Å²) in [6.45, 7) is 0. The first-order valence-corrected chi connectivity index (χ1v) is 3.85. The fraction of sp³-hybridized carbons (Fsp3) is 0. The Morgan fingerprint density at radius 3 is 2.00 bits per heavy atom. The summed E-state index contributed by atoms with van der Waals surface area (Å²) >= 11 is 1.40. The van der Waals surface area contributed by atoms with Crippen molar-refractivity contribution in [1.82, 2.24) is 0 Å². The van der Waals surface area contributed by atoms with Crippen molar-refractivity contribution in [1.29, 1.82) is 0 Å². The fourth-order valence-electron chi connectivity index (χ4n) is 0. The molecule has 0 aliphatic rings. The second-order valence-corrected chi connectivity index (χ2v) is 3.56. The molecule has 0 fully saturated rings. The van der Waals surface area contributed by atoms with Gasteiger partial charge in [0, 0.05) is 0 Å². The molecule has 0 spiro atoms. The molecule has 6 heteroatoms. The summed E-state index contributed by atoms with van der Waals surface area (Å²) in [6.07, 6.45) is 0. The van der Waals surface area contributed by atoms with Gasteiger partial charge in [-0.3, -0.25) is 0 Å². The van der Waals surface area contributed by atoms with E-state index in [0.29, 0.717) is 0 Å². The molecule has 0 aliphatic heterocycles. The summed E-state index contributed by atoms with van der Waals surface area (Å²) < 4.78 is 20.4. The van der Waals surface area contributed by atoms with Crippen LogP contribution in [0.15, 0.2) is 0 Å². The van der Waals surface area contributed by atoms with Crippen LogP contribution in [0.4, 0.5) is 0 Å². The second-order valence-electron chi connectivity index (χ2n) is 0.590. The van der Waals surface area contributed by atoms with Gasteiger partial charge in [0.2, 0.25) is 0 Å². The number of rotatable bonds is 1. The molecular weight excluding hydrogens is 123 g/mol. The van der Waals surface area contributed by atoms with Crippen molar-refractivity contribution < 1.29 is 18.4 Å². The van der Waals surface area contributed by atoms with Gasteiger partial charge < -0.3 is 0 Å². The van der Waals surface area contributed by atoms with Crippen LogP contribution < -0.4 is 0 Å². The van der Waals surface area contributed by atoms with Crippen LogP contribution in [0.1, 0.15) is 0 Å². The Labute approximate surface area is 42.0 Å². The van der Waals surface area contributed by atoms with Crippen molar-refractivity contribution in [3.63, 3.8) is 0 Å². The predicted molar refractivity (Wildman–Crippen MR) is 20.2 cm³/mol. The summed E-state index contributed by atoms with van der Waals surface area (Å²) in [6, 6.07) is 0. The van der Waals surface area contributed by atoms with Crippen molar-refractivity contribution in [2.45, 2.75) is 0 Å². The fourth-order valence-corrected chi connectivity index (χ4v) is 0. The molecule has 1 unspecified atom stereocenters.